The zero-order valence-electron chi connectivity index (χ0n) is 14.1. The number of hydrogen-bond donors (Lipinski definition) is 2. The van der Waals surface area contributed by atoms with Gasteiger partial charge < -0.3 is 14.8 Å². The number of thiophene rings is 1. The lowest BCUT2D eigenvalue weighted by Crippen LogP contribution is -2.22. The van der Waals surface area contributed by atoms with E-state index in [1.54, 1.807) is 24.5 Å². The molecule has 6 nitrogen and oxygen atoms in total. The first-order valence-corrected chi connectivity index (χ1v) is 9.56. The summed E-state index contributed by atoms with van der Waals surface area (Å²) in [5.74, 6) is 0.217. The number of nitrogens with zero attached hydrogens (tertiary/aromatic N) is 3. The molecule has 1 unspecified atom stereocenters. The first-order chi connectivity index (χ1) is 12.0. The number of carbonyl (C=O) groups is 1. The number of fused-ring (bicyclic) bond motifs is 3. The van der Waals surface area contributed by atoms with Crippen molar-refractivity contribution >= 4 is 38.6 Å². The summed E-state index contributed by atoms with van der Waals surface area (Å²) in [4.78, 5) is 20.1. The molecule has 3 aromatic rings. The molecule has 0 aromatic carbocycles. The zero-order chi connectivity index (χ0) is 17.6. The van der Waals surface area contributed by atoms with Gasteiger partial charge in [-0.25, -0.2) is 4.98 Å². The molecule has 3 heterocycles. The van der Waals surface area contributed by atoms with E-state index in [1.807, 2.05) is 11.4 Å². The fourth-order valence-electron chi connectivity index (χ4n) is 4.01. The number of imidazole rings is 1. The van der Waals surface area contributed by atoms with E-state index >= 15 is 0 Å². The van der Waals surface area contributed by atoms with Gasteiger partial charge in [0.2, 0.25) is 0 Å². The summed E-state index contributed by atoms with van der Waals surface area (Å²) in [5, 5.41) is 21.3. The van der Waals surface area contributed by atoms with Crippen molar-refractivity contribution in [3.8, 4) is 0 Å². The molecular formula is C18H21N3O3S. The van der Waals surface area contributed by atoms with Crippen molar-refractivity contribution in [1.82, 2.24) is 14.5 Å². The highest BCUT2D eigenvalue weighted by molar-refractivity contribution is 7.18. The fourth-order valence-corrected chi connectivity index (χ4v) is 4.90. The van der Waals surface area contributed by atoms with Gasteiger partial charge in [0, 0.05) is 12.5 Å². The third-order valence-corrected chi connectivity index (χ3v) is 6.08. The van der Waals surface area contributed by atoms with Gasteiger partial charge in [-0.3, -0.25) is 9.78 Å². The summed E-state index contributed by atoms with van der Waals surface area (Å²) in [6.07, 6.45) is 5.00. The van der Waals surface area contributed by atoms with Crippen molar-refractivity contribution in [3.63, 3.8) is 0 Å². The van der Waals surface area contributed by atoms with Crippen LogP contribution in [0.5, 0.6) is 0 Å². The van der Waals surface area contributed by atoms with E-state index in [0.29, 0.717) is 5.82 Å². The van der Waals surface area contributed by atoms with Gasteiger partial charge in [0.25, 0.3) is 0 Å². The molecule has 1 aliphatic rings. The lowest BCUT2D eigenvalue weighted by Gasteiger charge is -2.30. The average molecular weight is 359 g/mol. The molecule has 1 saturated carbocycles. The van der Waals surface area contributed by atoms with Crippen molar-refractivity contribution in [1.29, 1.82) is 0 Å². The number of rotatable bonds is 4. The van der Waals surface area contributed by atoms with Crippen molar-refractivity contribution in [2.75, 3.05) is 0 Å². The van der Waals surface area contributed by atoms with Crippen LogP contribution in [0.3, 0.4) is 0 Å². The van der Waals surface area contributed by atoms with E-state index in [1.165, 1.54) is 0 Å². The van der Waals surface area contributed by atoms with E-state index < -0.39 is 12.1 Å². The van der Waals surface area contributed by atoms with E-state index in [-0.39, 0.29) is 18.4 Å². The number of aliphatic carboxylic acids is 1. The highest BCUT2D eigenvalue weighted by atomic mass is 32.1. The Morgan fingerprint density at radius 2 is 2.12 bits per heavy atom. The molecule has 3 aromatic heterocycles. The highest BCUT2D eigenvalue weighted by Gasteiger charge is 2.28. The van der Waals surface area contributed by atoms with Gasteiger partial charge >= 0.3 is 5.97 Å². The van der Waals surface area contributed by atoms with Crippen molar-refractivity contribution in [2.45, 2.75) is 51.2 Å². The molecule has 1 atom stereocenters. The van der Waals surface area contributed by atoms with Crippen LogP contribution in [0.1, 0.15) is 57.0 Å². The van der Waals surface area contributed by atoms with E-state index in [0.717, 1.165) is 46.9 Å². The highest BCUT2D eigenvalue weighted by Crippen LogP contribution is 2.39. The Morgan fingerprint density at radius 3 is 2.80 bits per heavy atom. The third-order valence-electron chi connectivity index (χ3n) is 5.17. The molecule has 0 spiro atoms. The Kier molecular flexibility index (Phi) is 4.21. The Balaban J connectivity index is 1.76. The average Bonchev–Trinajstić information content (AvgIpc) is 3.18. The lowest BCUT2D eigenvalue weighted by molar-refractivity contribution is -0.138. The molecule has 0 saturated heterocycles. The molecule has 1 aliphatic carbocycles. The Hall–Kier alpha value is -1.99. The maximum atomic E-state index is 11.0. The predicted octanol–water partition coefficient (Wildman–Crippen LogP) is 3.91. The summed E-state index contributed by atoms with van der Waals surface area (Å²) < 4.78 is 3.29. The summed E-state index contributed by atoms with van der Waals surface area (Å²) in [7, 11) is 0. The van der Waals surface area contributed by atoms with Crippen LogP contribution in [-0.4, -0.2) is 30.7 Å². The summed E-state index contributed by atoms with van der Waals surface area (Å²) in [5.41, 5.74) is 2.83. The molecule has 25 heavy (non-hydrogen) atoms. The molecule has 4 rings (SSSR count). The smallest absolute Gasteiger partial charge is 0.303 e. The van der Waals surface area contributed by atoms with Gasteiger partial charge in [-0.1, -0.05) is 0 Å². The van der Waals surface area contributed by atoms with Crippen LogP contribution in [0.2, 0.25) is 0 Å². The minimum absolute atomic E-state index is 0.243. The first kappa shape index (κ1) is 16.5. The second kappa shape index (κ2) is 6.38. The van der Waals surface area contributed by atoms with E-state index in [2.05, 4.69) is 14.5 Å². The number of carboxylic acids is 1. The van der Waals surface area contributed by atoms with Crippen LogP contribution in [-0.2, 0) is 4.79 Å². The predicted molar refractivity (Wildman–Crippen MR) is 96.8 cm³/mol. The monoisotopic (exact) mass is 359 g/mol. The maximum Gasteiger partial charge on any atom is 0.303 e. The van der Waals surface area contributed by atoms with Crippen molar-refractivity contribution in [3.05, 3.63) is 23.5 Å². The van der Waals surface area contributed by atoms with E-state index in [9.17, 15) is 9.90 Å². The molecule has 0 bridgehead atoms. The summed E-state index contributed by atoms with van der Waals surface area (Å²) >= 11 is 1.65. The van der Waals surface area contributed by atoms with Gasteiger partial charge in [0.05, 0.1) is 21.9 Å². The van der Waals surface area contributed by atoms with Gasteiger partial charge in [-0.2, -0.15) is 0 Å². The number of aliphatic hydroxyl groups excluding tert-OH is 1. The summed E-state index contributed by atoms with van der Waals surface area (Å²) in [6, 6.07) is 2.25. The molecule has 0 amide bonds. The van der Waals surface area contributed by atoms with Crippen molar-refractivity contribution < 1.29 is 15.0 Å². The number of hydrogen-bond acceptors (Lipinski definition) is 5. The number of aliphatic hydroxyl groups is 1. The molecule has 2 N–H and O–H groups in total. The molecule has 132 valence electrons. The van der Waals surface area contributed by atoms with Gasteiger partial charge in [-0.05, 0) is 50.0 Å². The summed E-state index contributed by atoms with van der Waals surface area (Å²) in [6.45, 7) is 1.74. The molecule has 1 fully saturated rings. The van der Waals surface area contributed by atoms with Crippen LogP contribution in [0.4, 0.5) is 0 Å². The number of aromatic nitrogens is 3. The van der Waals surface area contributed by atoms with Crippen LogP contribution < -0.4 is 0 Å². The Labute approximate surface area is 149 Å². The van der Waals surface area contributed by atoms with Crippen LogP contribution in [0, 0.1) is 5.92 Å². The Bertz CT molecular complexity index is 922. The van der Waals surface area contributed by atoms with Crippen LogP contribution >= 0.6 is 11.3 Å². The fraction of sp³-hybridized carbons (Fsp3) is 0.500. The third kappa shape index (κ3) is 2.91. The SMILES string of the molecule is CC(O)c1nc2cnc3ccsc3c2n1[C@H]1CC[C@H](CC(=O)O)CC1. The second-order valence-electron chi connectivity index (χ2n) is 6.92. The molecule has 7 heteroatoms. The molecule has 0 aliphatic heterocycles. The quantitative estimate of drug-likeness (QED) is 0.737. The van der Waals surface area contributed by atoms with E-state index in [4.69, 9.17) is 5.11 Å². The number of pyridine rings is 1. The van der Waals surface area contributed by atoms with Crippen LogP contribution in [0.25, 0.3) is 21.3 Å². The normalized spacial score (nSPS) is 22.5. The van der Waals surface area contributed by atoms with Gasteiger partial charge in [-0.15, -0.1) is 11.3 Å². The minimum atomic E-state index is -0.715. The van der Waals surface area contributed by atoms with Crippen LogP contribution in [0.15, 0.2) is 17.6 Å². The maximum absolute atomic E-state index is 11.0. The Morgan fingerprint density at radius 1 is 1.36 bits per heavy atom. The molecule has 0 radical (unpaired) electrons. The molecular weight excluding hydrogens is 338 g/mol. The van der Waals surface area contributed by atoms with Crippen molar-refractivity contribution in [2.24, 2.45) is 5.92 Å². The number of carboxylic acid groups (broad SMARTS) is 1. The second-order valence-corrected chi connectivity index (χ2v) is 7.83. The lowest BCUT2D eigenvalue weighted by atomic mass is 9.84. The minimum Gasteiger partial charge on any atom is -0.481 e. The van der Waals surface area contributed by atoms with Gasteiger partial charge in [0.1, 0.15) is 17.4 Å². The van der Waals surface area contributed by atoms with Gasteiger partial charge in [0.15, 0.2) is 0 Å². The largest absolute Gasteiger partial charge is 0.481 e. The zero-order valence-corrected chi connectivity index (χ0v) is 14.9. The topological polar surface area (TPSA) is 88.2 Å². The first-order valence-electron chi connectivity index (χ1n) is 8.68. The standard InChI is InChI=1S/C18H21N3O3S/c1-10(22)18-20-14-9-19-13-6-7-25-17(13)16(14)21(18)12-4-2-11(3-5-12)8-15(23)24/h6-7,9-12,22H,2-5,8H2,1H3,(H,23,24)/t10?,11-,12-.